The molecule has 0 bridgehead atoms. The molecule has 0 spiro atoms. The topological polar surface area (TPSA) is 62.3 Å². The van der Waals surface area contributed by atoms with Gasteiger partial charge < -0.3 is 10.2 Å². The fourth-order valence-electron chi connectivity index (χ4n) is 3.65. The molecule has 0 saturated carbocycles. The van der Waals surface area contributed by atoms with E-state index in [2.05, 4.69) is 15.2 Å². The lowest BCUT2D eigenvalue weighted by Crippen LogP contribution is -2.27. The van der Waals surface area contributed by atoms with Gasteiger partial charge in [-0.3, -0.25) is 9.59 Å². The van der Waals surface area contributed by atoms with Gasteiger partial charge in [0.25, 0.3) is 0 Å². The second kappa shape index (κ2) is 8.63. The van der Waals surface area contributed by atoms with Gasteiger partial charge in [0.05, 0.1) is 11.2 Å². The summed E-state index contributed by atoms with van der Waals surface area (Å²) in [7, 11) is 0. The Labute approximate surface area is 178 Å². The van der Waals surface area contributed by atoms with Crippen LogP contribution in [0.3, 0.4) is 0 Å². The Balaban J connectivity index is 1.51. The monoisotopic (exact) mass is 423 g/mol. The molecule has 0 aliphatic carbocycles. The summed E-state index contributed by atoms with van der Waals surface area (Å²) >= 11 is 6.14. The molecule has 1 atom stereocenters. The molecule has 30 heavy (non-hydrogen) atoms. The molecule has 1 N–H and O–H groups in total. The Morgan fingerprint density at radius 2 is 2.03 bits per heavy atom. The normalized spacial score (nSPS) is 15.8. The number of aromatic nitrogens is 1. The Morgan fingerprint density at radius 1 is 1.20 bits per heavy atom. The predicted molar refractivity (Wildman–Crippen MR) is 115 cm³/mol. The number of carbonyl (C=O) groups excluding carboxylic acids is 2. The van der Waals surface area contributed by atoms with Crippen LogP contribution in [-0.2, 0) is 0 Å². The number of halogens is 2. The molecule has 1 saturated heterocycles. The molecule has 3 aromatic rings. The third kappa shape index (κ3) is 4.19. The zero-order chi connectivity index (χ0) is 21.1. The van der Waals surface area contributed by atoms with Gasteiger partial charge in [-0.05, 0) is 48.9 Å². The largest absolute Gasteiger partial charge is 0.369 e. The molecular weight excluding hydrogens is 405 g/mol. The van der Waals surface area contributed by atoms with E-state index < -0.39 is 0 Å². The van der Waals surface area contributed by atoms with Crippen LogP contribution in [0.5, 0.6) is 0 Å². The third-order valence-electron chi connectivity index (χ3n) is 5.14. The Morgan fingerprint density at radius 3 is 2.77 bits per heavy atom. The van der Waals surface area contributed by atoms with Crippen LogP contribution in [0, 0.1) is 5.82 Å². The lowest BCUT2D eigenvalue weighted by atomic mass is 10.0. The molecule has 1 aliphatic rings. The van der Waals surface area contributed by atoms with Crippen molar-refractivity contribution in [2.45, 2.75) is 12.5 Å². The number of carbonyl (C=O) groups is 2. The molecule has 0 unspecified atom stereocenters. The smallest absolute Gasteiger partial charge is 0.194 e. The Kier molecular flexibility index (Phi) is 5.77. The maximum absolute atomic E-state index is 13.0. The third-order valence-corrected chi connectivity index (χ3v) is 5.47. The van der Waals surface area contributed by atoms with E-state index in [1.54, 1.807) is 48.5 Å². The minimum atomic E-state index is -0.379. The minimum Gasteiger partial charge on any atom is -0.369 e. The number of rotatable bonds is 6. The first-order valence-corrected chi connectivity index (χ1v) is 9.94. The van der Waals surface area contributed by atoms with E-state index in [1.807, 2.05) is 0 Å². The SMILES string of the molecule is O=Cc1cc(C(=O)c2ccccc2Cl)ccc1N1CC[C@H](Nc2ccc(F)cn2)C1. The lowest BCUT2D eigenvalue weighted by Gasteiger charge is -2.21. The van der Waals surface area contributed by atoms with Crippen LogP contribution in [0.1, 0.15) is 32.7 Å². The first-order chi connectivity index (χ1) is 14.5. The second-order valence-electron chi connectivity index (χ2n) is 7.14. The quantitative estimate of drug-likeness (QED) is 0.463. The van der Waals surface area contributed by atoms with Crippen LogP contribution in [0.15, 0.2) is 60.8 Å². The van der Waals surface area contributed by atoms with E-state index >= 15 is 0 Å². The molecule has 152 valence electrons. The average molecular weight is 424 g/mol. The summed E-state index contributed by atoms with van der Waals surface area (Å²) in [5, 5.41) is 3.66. The number of aldehydes is 1. The number of nitrogens with zero attached hydrogens (tertiary/aromatic N) is 2. The molecular formula is C23H19ClFN3O2. The molecule has 2 aromatic carbocycles. The van der Waals surface area contributed by atoms with Gasteiger partial charge in [0.2, 0.25) is 0 Å². The van der Waals surface area contributed by atoms with Gasteiger partial charge in [0.1, 0.15) is 11.6 Å². The van der Waals surface area contributed by atoms with Gasteiger partial charge in [-0.2, -0.15) is 0 Å². The van der Waals surface area contributed by atoms with E-state index in [-0.39, 0.29) is 17.6 Å². The van der Waals surface area contributed by atoms with Crippen LogP contribution >= 0.6 is 11.6 Å². The molecule has 0 radical (unpaired) electrons. The van der Waals surface area contributed by atoms with Crippen molar-refractivity contribution in [2.24, 2.45) is 0 Å². The number of ketones is 1. The van der Waals surface area contributed by atoms with Crippen LogP contribution in [-0.4, -0.2) is 36.2 Å². The summed E-state index contributed by atoms with van der Waals surface area (Å²) < 4.78 is 13.0. The van der Waals surface area contributed by atoms with Gasteiger partial charge >= 0.3 is 0 Å². The first kappa shape index (κ1) is 20.0. The van der Waals surface area contributed by atoms with Gasteiger partial charge in [-0.25, -0.2) is 9.37 Å². The highest BCUT2D eigenvalue weighted by Gasteiger charge is 2.25. The summed E-state index contributed by atoms with van der Waals surface area (Å²) in [5.41, 5.74) is 2.05. The van der Waals surface area contributed by atoms with Crippen molar-refractivity contribution < 1.29 is 14.0 Å². The minimum absolute atomic E-state index is 0.117. The van der Waals surface area contributed by atoms with Gasteiger partial charge in [0, 0.05) is 41.5 Å². The number of benzene rings is 2. The van der Waals surface area contributed by atoms with Crippen molar-refractivity contribution >= 4 is 35.2 Å². The van der Waals surface area contributed by atoms with Crippen molar-refractivity contribution in [3.05, 3.63) is 88.3 Å². The number of hydrogen-bond acceptors (Lipinski definition) is 5. The fraction of sp³-hybridized carbons (Fsp3) is 0.174. The summed E-state index contributed by atoms with van der Waals surface area (Å²) in [5.74, 6) is 0.00814. The van der Waals surface area contributed by atoms with Crippen LogP contribution < -0.4 is 10.2 Å². The van der Waals surface area contributed by atoms with Crippen LogP contribution in [0.4, 0.5) is 15.9 Å². The fourth-order valence-corrected chi connectivity index (χ4v) is 3.87. The summed E-state index contributed by atoms with van der Waals surface area (Å²) in [6.45, 7) is 1.41. The standard InChI is InChI=1S/C23H19ClFN3O2/c24-20-4-2-1-3-19(20)23(30)15-5-7-21(16(11-15)14-29)28-10-9-18(13-28)27-22-8-6-17(25)12-26-22/h1-8,11-12,14,18H,9-10,13H2,(H,26,27)/t18-/m0/s1. The van der Waals surface area contributed by atoms with Crippen molar-refractivity contribution in [1.29, 1.82) is 0 Å². The maximum Gasteiger partial charge on any atom is 0.194 e. The average Bonchev–Trinajstić information content (AvgIpc) is 3.23. The van der Waals surface area contributed by atoms with Crippen molar-refractivity contribution in [2.75, 3.05) is 23.3 Å². The van der Waals surface area contributed by atoms with E-state index in [4.69, 9.17) is 11.6 Å². The van der Waals surface area contributed by atoms with E-state index in [0.29, 0.717) is 34.1 Å². The molecule has 0 amide bonds. The molecule has 5 nitrogen and oxygen atoms in total. The number of hydrogen-bond donors (Lipinski definition) is 1. The van der Waals surface area contributed by atoms with Gasteiger partial charge in [-0.1, -0.05) is 23.7 Å². The summed E-state index contributed by atoms with van der Waals surface area (Å²) in [6.07, 6.45) is 2.78. The van der Waals surface area contributed by atoms with E-state index in [0.717, 1.165) is 24.9 Å². The zero-order valence-electron chi connectivity index (χ0n) is 16.0. The molecule has 7 heteroatoms. The van der Waals surface area contributed by atoms with Crippen LogP contribution in [0.25, 0.3) is 0 Å². The van der Waals surface area contributed by atoms with Crippen molar-refractivity contribution in [3.8, 4) is 0 Å². The number of nitrogens with one attached hydrogen (secondary N) is 1. The van der Waals surface area contributed by atoms with Gasteiger partial charge in [-0.15, -0.1) is 0 Å². The van der Waals surface area contributed by atoms with Gasteiger partial charge in [0.15, 0.2) is 12.1 Å². The molecule has 1 fully saturated rings. The zero-order valence-corrected chi connectivity index (χ0v) is 16.8. The summed E-state index contributed by atoms with van der Waals surface area (Å²) in [6, 6.07) is 15.0. The Hall–Kier alpha value is -3.25. The highest BCUT2D eigenvalue weighted by Crippen LogP contribution is 2.28. The summed E-state index contributed by atoms with van der Waals surface area (Å²) in [4.78, 5) is 30.7. The highest BCUT2D eigenvalue weighted by molar-refractivity contribution is 6.35. The van der Waals surface area contributed by atoms with Crippen molar-refractivity contribution in [3.63, 3.8) is 0 Å². The lowest BCUT2D eigenvalue weighted by molar-refractivity contribution is 0.103. The molecule has 1 aliphatic heterocycles. The number of pyridine rings is 1. The maximum atomic E-state index is 13.0. The molecule has 1 aromatic heterocycles. The van der Waals surface area contributed by atoms with Crippen molar-refractivity contribution in [1.82, 2.24) is 4.98 Å². The molecule has 2 heterocycles. The van der Waals surface area contributed by atoms with E-state index in [1.165, 1.54) is 12.3 Å². The highest BCUT2D eigenvalue weighted by atomic mass is 35.5. The molecule has 4 rings (SSSR count). The predicted octanol–water partition coefficient (Wildman–Crippen LogP) is 4.61. The number of anilines is 2. The first-order valence-electron chi connectivity index (χ1n) is 9.56. The van der Waals surface area contributed by atoms with Crippen LogP contribution in [0.2, 0.25) is 5.02 Å². The van der Waals surface area contributed by atoms with E-state index in [9.17, 15) is 14.0 Å². The second-order valence-corrected chi connectivity index (χ2v) is 7.55. The Bertz CT molecular complexity index is 1090.